The number of hydrogen-bond acceptors (Lipinski definition) is 9. The van der Waals surface area contributed by atoms with Crippen molar-refractivity contribution in [2.45, 2.75) is 38.0 Å². The van der Waals surface area contributed by atoms with Crippen molar-refractivity contribution in [3.63, 3.8) is 0 Å². The molecule has 2 atom stereocenters. The average molecular weight is 469 g/mol. The number of thioether (sulfide) groups is 2. The van der Waals surface area contributed by atoms with E-state index in [2.05, 4.69) is 20.6 Å². The van der Waals surface area contributed by atoms with E-state index < -0.39 is 17.6 Å². The van der Waals surface area contributed by atoms with Crippen LogP contribution in [0.5, 0.6) is 0 Å². The third kappa shape index (κ3) is 6.08. The molecule has 0 saturated heterocycles. The highest BCUT2D eigenvalue weighted by Crippen LogP contribution is 2.31. The van der Waals surface area contributed by atoms with E-state index >= 15 is 0 Å². The minimum atomic E-state index is -0.966. The van der Waals surface area contributed by atoms with Crippen molar-refractivity contribution in [2.24, 2.45) is 4.99 Å². The first kappa shape index (κ1) is 22.8. The summed E-state index contributed by atoms with van der Waals surface area (Å²) in [5.41, 5.74) is -0.265. The first-order valence-corrected chi connectivity index (χ1v) is 12.7. The summed E-state index contributed by atoms with van der Waals surface area (Å²) in [6.07, 6.45) is 5.76. The number of fused-ring (bicyclic) bond motifs is 4. The van der Waals surface area contributed by atoms with Crippen LogP contribution in [0.3, 0.4) is 0 Å². The largest absolute Gasteiger partial charge is 0.456 e. The quantitative estimate of drug-likeness (QED) is 0.394. The van der Waals surface area contributed by atoms with Crippen LogP contribution in [-0.2, 0) is 25.7 Å². The smallest absolute Gasteiger partial charge is 0.326 e. The van der Waals surface area contributed by atoms with Gasteiger partial charge in [0.05, 0.1) is 13.0 Å². The SMILES string of the molecule is CSCC/C=C/C1CC(=O)NCc2nc(cs2)C2=NC(C)(CS2)C(=O)NCC(=O)O1. The lowest BCUT2D eigenvalue weighted by Gasteiger charge is -2.19. The minimum absolute atomic E-state index is 0.00790. The molecule has 2 unspecified atom stereocenters. The summed E-state index contributed by atoms with van der Waals surface area (Å²) >= 11 is 4.59. The molecule has 2 aliphatic rings. The number of hydrogen-bond donors (Lipinski definition) is 2. The molecule has 0 aromatic carbocycles. The molecule has 0 fully saturated rings. The van der Waals surface area contributed by atoms with E-state index in [1.165, 1.54) is 23.1 Å². The monoisotopic (exact) mass is 468 g/mol. The number of aromatic nitrogens is 1. The number of esters is 1. The molecule has 30 heavy (non-hydrogen) atoms. The molecule has 11 heteroatoms. The molecule has 8 nitrogen and oxygen atoms in total. The van der Waals surface area contributed by atoms with Gasteiger partial charge in [-0.3, -0.25) is 19.4 Å². The van der Waals surface area contributed by atoms with Crippen LogP contribution in [0.25, 0.3) is 0 Å². The van der Waals surface area contributed by atoms with Gasteiger partial charge in [0.15, 0.2) is 0 Å². The third-order valence-corrected chi connectivity index (χ3v) is 7.21. The average Bonchev–Trinajstić information content (AvgIpc) is 3.34. The summed E-state index contributed by atoms with van der Waals surface area (Å²) < 4.78 is 5.43. The lowest BCUT2D eigenvalue weighted by Crippen LogP contribution is -2.46. The zero-order valence-electron chi connectivity index (χ0n) is 16.8. The first-order valence-electron chi connectivity index (χ1n) is 9.47. The molecular formula is C19H24N4O4S3. The van der Waals surface area contributed by atoms with Gasteiger partial charge >= 0.3 is 5.97 Å². The fourth-order valence-electron chi connectivity index (χ4n) is 2.80. The number of nitrogens with one attached hydrogen (secondary N) is 2. The Labute approximate surface area is 187 Å². The molecule has 0 radical (unpaired) electrons. The Bertz CT molecular complexity index is 870. The lowest BCUT2D eigenvalue weighted by atomic mass is 10.1. The van der Waals surface area contributed by atoms with Crippen LogP contribution in [0.15, 0.2) is 22.5 Å². The number of ether oxygens (including phenoxy) is 1. The van der Waals surface area contributed by atoms with Gasteiger partial charge in [-0.05, 0) is 31.4 Å². The van der Waals surface area contributed by atoms with Gasteiger partial charge < -0.3 is 15.4 Å². The molecule has 2 N–H and O–H groups in total. The second-order valence-corrected chi connectivity index (χ2v) is 9.90. The predicted molar refractivity (Wildman–Crippen MR) is 121 cm³/mol. The maximum absolute atomic E-state index is 12.6. The van der Waals surface area contributed by atoms with Crippen molar-refractivity contribution < 1.29 is 19.1 Å². The van der Waals surface area contributed by atoms with E-state index in [-0.39, 0.29) is 31.3 Å². The van der Waals surface area contributed by atoms with E-state index in [1.807, 2.05) is 17.7 Å². The van der Waals surface area contributed by atoms with Crippen LogP contribution in [0, 0.1) is 0 Å². The van der Waals surface area contributed by atoms with E-state index in [0.717, 1.165) is 17.2 Å². The highest BCUT2D eigenvalue weighted by molar-refractivity contribution is 8.14. The minimum Gasteiger partial charge on any atom is -0.456 e. The highest BCUT2D eigenvalue weighted by Gasteiger charge is 2.39. The van der Waals surface area contributed by atoms with Crippen LogP contribution >= 0.6 is 34.9 Å². The molecule has 2 aliphatic heterocycles. The van der Waals surface area contributed by atoms with Gasteiger partial charge in [-0.2, -0.15) is 11.8 Å². The number of nitrogens with zero attached hydrogens (tertiary/aromatic N) is 2. The second kappa shape index (κ2) is 10.5. The van der Waals surface area contributed by atoms with Gasteiger partial charge in [0.2, 0.25) is 11.8 Å². The van der Waals surface area contributed by atoms with Crippen LogP contribution in [0.2, 0.25) is 0 Å². The zero-order chi connectivity index (χ0) is 21.6. The number of cyclic esters (lactones) is 1. The van der Waals surface area contributed by atoms with Crippen molar-refractivity contribution >= 4 is 57.7 Å². The van der Waals surface area contributed by atoms with E-state index in [0.29, 0.717) is 16.5 Å². The van der Waals surface area contributed by atoms with Crippen LogP contribution in [0.4, 0.5) is 0 Å². The summed E-state index contributed by atoms with van der Waals surface area (Å²) in [5.74, 6) is 0.229. The topological polar surface area (TPSA) is 110 Å². The highest BCUT2D eigenvalue weighted by atomic mass is 32.2. The molecule has 1 aromatic rings. The Morgan fingerprint density at radius 1 is 1.33 bits per heavy atom. The molecule has 162 valence electrons. The normalized spacial score (nSPS) is 25.6. The van der Waals surface area contributed by atoms with Crippen molar-refractivity contribution in [1.29, 1.82) is 0 Å². The molecule has 4 bridgehead atoms. The van der Waals surface area contributed by atoms with E-state index in [1.54, 1.807) is 24.8 Å². The van der Waals surface area contributed by atoms with Gasteiger partial charge in [0, 0.05) is 11.1 Å². The molecule has 0 spiro atoms. The number of aliphatic imine (C=N–C) groups is 1. The van der Waals surface area contributed by atoms with Crippen molar-refractivity contribution in [1.82, 2.24) is 15.6 Å². The second-order valence-electron chi connectivity index (χ2n) is 7.01. The maximum atomic E-state index is 12.6. The number of carbonyl (C=O) groups excluding carboxylic acids is 3. The summed E-state index contributed by atoms with van der Waals surface area (Å²) in [7, 11) is 0. The molecule has 0 aliphatic carbocycles. The molecule has 0 saturated carbocycles. The first-order chi connectivity index (χ1) is 14.4. The summed E-state index contributed by atoms with van der Waals surface area (Å²) in [4.78, 5) is 46.3. The van der Waals surface area contributed by atoms with Gasteiger partial charge in [-0.25, -0.2) is 4.98 Å². The maximum Gasteiger partial charge on any atom is 0.326 e. The Morgan fingerprint density at radius 3 is 2.97 bits per heavy atom. The van der Waals surface area contributed by atoms with Gasteiger partial charge in [0.25, 0.3) is 0 Å². The summed E-state index contributed by atoms with van der Waals surface area (Å²) in [6.45, 7) is 1.75. The van der Waals surface area contributed by atoms with Crippen molar-refractivity contribution in [2.75, 3.05) is 24.3 Å². The number of amides is 2. The molecule has 2 amide bonds. The van der Waals surface area contributed by atoms with Gasteiger partial charge in [-0.1, -0.05) is 6.08 Å². The Balaban J connectivity index is 1.78. The van der Waals surface area contributed by atoms with E-state index in [9.17, 15) is 14.4 Å². The van der Waals surface area contributed by atoms with Crippen LogP contribution < -0.4 is 10.6 Å². The number of thiazole rings is 1. The fraction of sp³-hybridized carbons (Fsp3) is 0.526. The van der Waals surface area contributed by atoms with Crippen molar-refractivity contribution in [3.05, 3.63) is 28.2 Å². The number of allylic oxidation sites excluding steroid dienone is 1. The third-order valence-electron chi connectivity index (χ3n) is 4.44. The lowest BCUT2D eigenvalue weighted by molar-refractivity contribution is -0.148. The summed E-state index contributed by atoms with van der Waals surface area (Å²) in [6, 6.07) is 0. The van der Waals surface area contributed by atoms with Crippen LogP contribution in [-0.4, -0.2) is 63.8 Å². The van der Waals surface area contributed by atoms with Crippen molar-refractivity contribution in [3.8, 4) is 0 Å². The molecular weight excluding hydrogens is 444 g/mol. The predicted octanol–water partition coefficient (Wildman–Crippen LogP) is 1.75. The Morgan fingerprint density at radius 2 is 2.17 bits per heavy atom. The molecule has 3 rings (SSSR count). The molecule has 1 aromatic heterocycles. The number of rotatable bonds is 4. The standard InChI is InChI=1S/C19H24N4O4S3/c1-19-11-30-17(23-19)13-10-29-15(22-13)8-20-14(24)7-12(5-3-4-6-28-2)27-16(25)9-21-18(19)26/h3,5,10,12H,4,6-9,11H2,1-2H3,(H,20,24)(H,21,26)/b5-3+. The Kier molecular flexibility index (Phi) is 7.95. The Hall–Kier alpha value is -1.85. The summed E-state index contributed by atoms with van der Waals surface area (Å²) in [5, 5.41) is 8.75. The number of carbonyl (C=O) groups is 3. The zero-order valence-corrected chi connectivity index (χ0v) is 19.3. The van der Waals surface area contributed by atoms with E-state index in [4.69, 9.17) is 4.74 Å². The fourth-order valence-corrected chi connectivity index (χ4v) is 5.10. The van der Waals surface area contributed by atoms with Gasteiger partial charge in [0.1, 0.15) is 33.9 Å². The molecule has 3 heterocycles. The van der Waals surface area contributed by atoms with Crippen LogP contribution in [0.1, 0.15) is 30.5 Å². The van der Waals surface area contributed by atoms with Gasteiger partial charge in [-0.15, -0.1) is 23.1 Å².